The Morgan fingerprint density at radius 1 is 1.06 bits per heavy atom. The topological polar surface area (TPSA) is 114 Å². The molecule has 2 N–H and O–H groups in total. The minimum Gasteiger partial charge on any atom is -0.495 e. The highest BCUT2D eigenvalue weighted by Gasteiger charge is 2.20. The molecule has 0 bridgehead atoms. The highest BCUT2D eigenvalue weighted by Crippen LogP contribution is 2.28. The van der Waals surface area contributed by atoms with Crippen molar-refractivity contribution in [1.29, 1.82) is 0 Å². The minimum absolute atomic E-state index is 0.0344. The van der Waals surface area contributed by atoms with Gasteiger partial charge in [0.05, 0.1) is 36.4 Å². The van der Waals surface area contributed by atoms with E-state index in [9.17, 15) is 18.0 Å². The maximum atomic E-state index is 12.4. The van der Waals surface area contributed by atoms with Gasteiger partial charge in [-0.2, -0.15) is 0 Å². The molecule has 0 saturated carbocycles. The second-order valence-electron chi connectivity index (χ2n) is 6.76. The van der Waals surface area contributed by atoms with Crippen LogP contribution in [0.3, 0.4) is 0 Å². The lowest BCUT2D eigenvalue weighted by Gasteiger charge is -2.15. The number of hydrogen-bond donors (Lipinski definition) is 2. The van der Waals surface area contributed by atoms with Crippen LogP contribution in [0.25, 0.3) is 0 Å². The molecule has 2 aromatic rings. The fourth-order valence-corrected chi connectivity index (χ4v) is 3.46. The van der Waals surface area contributed by atoms with E-state index < -0.39 is 21.9 Å². The van der Waals surface area contributed by atoms with Gasteiger partial charge in [-0.1, -0.05) is 6.92 Å². The van der Waals surface area contributed by atoms with Crippen LogP contribution in [0.2, 0.25) is 0 Å². The Balaban J connectivity index is 2.03. The first-order valence-electron chi connectivity index (χ1n) is 9.60. The van der Waals surface area contributed by atoms with Crippen molar-refractivity contribution < 1.29 is 27.5 Å². The average molecular weight is 450 g/mol. The molecule has 0 aliphatic heterocycles. The highest BCUT2D eigenvalue weighted by molar-refractivity contribution is 7.89. The van der Waals surface area contributed by atoms with Crippen LogP contribution in [-0.4, -0.2) is 59.0 Å². The van der Waals surface area contributed by atoms with Gasteiger partial charge in [0, 0.05) is 19.8 Å². The number of nitrogens with one attached hydrogen (secondary N) is 2. The molecule has 0 aromatic heterocycles. The molecule has 168 valence electrons. The van der Waals surface area contributed by atoms with Gasteiger partial charge in [0.15, 0.2) is 0 Å². The summed E-state index contributed by atoms with van der Waals surface area (Å²) in [6.45, 7) is 2.20. The summed E-state index contributed by atoms with van der Waals surface area (Å²) in [4.78, 5) is 24.2. The predicted molar refractivity (Wildman–Crippen MR) is 118 cm³/mol. The molecule has 0 aliphatic rings. The molecule has 0 fully saturated rings. The van der Waals surface area contributed by atoms with Crippen LogP contribution in [-0.2, 0) is 19.6 Å². The van der Waals surface area contributed by atoms with Crippen LogP contribution in [0.15, 0.2) is 47.4 Å². The zero-order valence-electron chi connectivity index (χ0n) is 18.0. The van der Waals surface area contributed by atoms with E-state index in [1.807, 2.05) is 6.92 Å². The van der Waals surface area contributed by atoms with Gasteiger partial charge in [0.1, 0.15) is 5.75 Å². The first-order chi connectivity index (χ1) is 14.7. The lowest BCUT2D eigenvalue weighted by molar-refractivity contribution is -0.114. The summed E-state index contributed by atoms with van der Waals surface area (Å²) < 4.78 is 36.1. The van der Waals surface area contributed by atoms with Crippen LogP contribution in [0.4, 0.5) is 11.4 Å². The number of sulfonamides is 1. The number of benzene rings is 2. The van der Waals surface area contributed by atoms with Crippen molar-refractivity contribution in [2.24, 2.45) is 0 Å². The third-order valence-corrected chi connectivity index (χ3v) is 6.05. The number of esters is 1. The number of ether oxygens (including phenoxy) is 2. The van der Waals surface area contributed by atoms with E-state index in [4.69, 9.17) is 9.47 Å². The number of methoxy groups -OCH3 is 1. The average Bonchev–Trinajstić information content (AvgIpc) is 2.76. The summed E-state index contributed by atoms with van der Waals surface area (Å²) in [5.74, 6) is -0.462. The summed E-state index contributed by atoms with van der Waals surface area (Å²) in [5, 5.41) is 5.60. The fourth-order valence-electron chi connectivity index (χ4n) is 2.54. The van der Waals surface area contributed by atoms with E-state index in [2.05, 4.69) is 10.6 Å². The van der Waals surface area contributed by atoms with Gasteiger partial charge in [-0.05, 0) is 48.9 Å². The van der Waals surface area contributed by atoms with Crippen molar-refractivity contribution in [3.63, 3.8) is 0 Å². The first kappa shape index (κ1) is 24.2. The van der Waals surface area contributed by atoms with E-state index in [-0.39, 0.29) is 17.1 Å². The molecule has 31 heavy (non-hydrogen) atoms. The second kappa shape index (κ2) is 10.8. The van der Waals surface area contributed by atoms with Crippen molar-refractivity contribution in [3.05, 3.63) is 48.0 Å². The number of amides is 1. The molecule has 0 atom stereocenters. The van der Waals surface area contributed by atoms with Crippen molar-refractivity contribution in [2.45, 2.75) is 18.2 Å². The van der Waals surface area contributed by atoms with E-state index in [1.54, 1.807) is 24.3 Å². The smallest absolute Gasteiger partial charge is 0.338 e. The summed E-state index contributed by atoms with van der Waals surface area (Å²) in [5.41, 5.74) is 1.30. The Morgan fingerprint density at radius 3 is 2.32 bits per heavy atom. The molecular formula is C21H27N3O6S. The van der Waals surface area contributed by atoms with Crippen LogP contribution < -0.4 is 15.4 Å². The number of carbonyl (C=O) groups excluding carboxylic acids is 2. The van der Waals surface area contributed by atoms with Gasteiger partial charge in [-0.15, -0.1) is 0 Å². The Kier molecular flexibility index (Phi) is 8.40. The van der Waals surface area contributed by atoms with E-state index in [1.165, 1.54) is 39.4 Å². The molecule has 0 saturated heterocycles. The van der Waals surface area contributed by atoms with E-state index >= 15 is 0 Å². The van der Waals surface area contributed by atoms with Crippen LogP contribution in [0.5, 0.6) is 5.75 Å². The van der Waals surface area contributed by atoms with Gasteiger partial charge in [-0.25, -0.2) is 17.5 Å². The molecule has 1 amide bonds. The van der Waals surface area contributed by atoms with Crippen LogP contribution in [0, 0.1) is 0 Å². The maximum absolute atomic E-state index is 12.4. The SMILES string of the molecule is CCCOC(=O)c1ccc(NCC(=O)Nc2cc(S(=O)(=O)N(C)C)ccc2OC)cc1. The molecular weight excluding hydrogens is 422 g/mol. The van der Waals surface area contributed by atoms with Crippen LogP contribution in [0.1, 0.15) is 23.7 Å². The molecule has 10 heteroatoms. The van der Waals surface area contributed by atoms with Crippen molar-refractivity contribution in [2.75, 3.05) is 45.0 Å². The third-order valence-electron chi connectivity index (χ3n) is 4.23. The summed E-state index contributed by atoms with van der Waals surface area (Å²) in [6.07, 6.45) is 0.745. The molecule has 0 spiro atoms. The number of carbonyl (C=O) groups is 2. The molecule has 2 aromatic carbocycles. The molecule has 9 nitrogen and oxygen atoms in total. The molecule has 0 aliphatic carbocycles. The summed E-state index contributed by atoms with van der Waals surface area (Å²) in [6, 6.07) is 10.8. The quantitative estimate of drug-likeness (QED) is 0.536. The zero-order chi connectivity index (χ0) is 23.0. The number of hydrogen-bond acceptors (Lipinski definition) is 7. The van der Waals surface area contributed by atoms with Crippen LogP contribution >= 0.6 is 0 Å². The maximum Gasteiger partial charge on any atom is 0.338 e. The number of nitrogens with zero attached hydrogens (tertiary/aromatic N) is 1. The standard InChI is InChI=1S/C21H27N3O6S/c1-5-12-30-21(26)15-6-8-16(9-7-15)22-14-20(25)23-18-13-17(10-11-19(18)29-4)31(27,28)24(2)3/h6-11,13,22H,5,12,14H2,1-4H3,(H,23,25). The Bertz CT molecular complexity index is 1020. The summed E-state index contributed by atoms with van der Waals surface area (Å²) in [7, 11) is 0.622. The minimum atomic E-state index is -3.66. The molecule has 2 rings (SSSR count). The van der Waals surface area contributed by atoms with Crippen molar-refractivity contribution in [1.82, 2.24) is 4.31 Å². The highest BCUT2D eigenvalue weighted by atomic mass is 32.2. The van der Waals surface area contributed by atoms with Gasteiger partial charge in [0.2, 0.25) is 15.9 Å². The fraction of sp³-hybridized carbons (Fsp3) is 0.333. The van der Waals surface area contributed by atoms with Gasteiger partial charge in [0.25, 0.3) is 0 Å². The largest absolute Gasteiger partial charge is 0.495 e. The predicted octanol–water partition coefficient (Wildman–Crippen LogP) is 2.56. The third kappa shape index (κ3) is 6.43. The number of anilines is 2. The lowest BCUT2D eigenvalue weighted by Crippen LogP contribution is -2.24. The van der Waals surface area contributed by atoms with E-state index in [0.717, 1.165) is 10.7 Å². The monoisotopic (exact) mass is 449 g/mol. The molecule has 0 unspecified atom stereocenters. The summed E-state index contributed by atoms with van der Waals surface area (Å²) >= 11 is 0. The second-order valence-corrected chi connectivity index (χ2v) is 8.92. The zero-order valence-corrected chi connectivity index (χ0v) is 18.8. The Morgan fingerprint density at radius 2 is 1.74 bits per heavy atom. The van der Waals surface area contributed by atoms with Crippen molar-refractivity contribution in [3.8, 4) is 5.75 Å². The lowest BCUT2D eigenvalue weighted by atomic mass is 10.2. The van der Waals surface area contributed by atoms with E-state index in [0.29, 0.717) is 23.6 Å². The number of rotatable bonds is 10. The Hall–Kier alpha value is -3.11. The molecule has 0 heterocycles. The van der Waals surface area contributed by atoms with Gasteiger partial charge >= 0.3 is 5.97 Å². The first-order valence-corrected chi connectivity index (χ1v) is 11.0. The van der Waals surface area contributed by atoms with Crippen molar-refractivity contribution >= 4 is 33.3 Å². The van der Waals surface area contributed by atoms with Gasteiger partial charge < -0.3 is 20.1 Å². The normalized spacial score (nSPS) is 11.1. The van der Waals surface area contributed by atoms with Gasteiger partial charge in [-0.3, -0.25) is 4.79 Å². The molecule has 0 radical (unpaired) electrons. The Labute approximate surface area is 182 Å².